The van der Waals surface area contributed by atoms with Gasteiger partial charge in [-0.05, 0) is 23.7 Å². The number of aromatic nitrogens is 4. The Kier molecular flexibility index (Phi) is 4.57. The van der Waals surface area contributed by atoms with Crippen molar-refractivity contribution in [3.8, 4) is 11.4 Å². The lowest BCUT2D eigenvalue weighted by atomic mass is 10.1. The first-order valence-electron chi connectivity index (χ1n) is 6.09. The molecule has 2 rings (SSSR count). The molecule has 100 valence electrons. The van der Waals surface area contributed by atoms with Gasteiger partial charge in [0.15, 0.2) is 0 Å². The number of hydrogen-bond donors (Lipinski definition) is 3. The molecule has 0 fully saturated rings. The number of nitrogens with zero attached hydrogens (tertiary/aromatic N) is 3. The Labute approximate surface area is 110 Å². The first-order valence-corrected chi connectivity index (χ1v) is 6.09. The van der Waals surface area contributed by atoms with Gasteiger partial charge >= 0.3 is 0 Å². The molecule has 0 saturated heterocycles. The zero-order valence-corrected chi connectivity index (χ0v) is 10.5. The van der Waals surface area contributed by atoms with Crippen LogP contribution in [0, 0.1) is 0 Å². The Morgan fingerprint density at radius 1 is 1.32 bits per heavy atom. The number of aromatic amines is 1. The van der Waals surface area contributed by atoms with Gasteiger partial charge in [0.05, 0.1) is 0 Å². The number of rotatable bonds is 6. The SMILES string of the molecule is NCCCC(=O)NCc1ccc(-c2nn[nH]n2)cc1. The van der Waals surface area contributed by atoms with Gasteiger partial charge in [-0.25, -0.2) is 0 Å². The topological polar surface area (TPSA) is 110 Å². The van der Waals surface area contributed by atoms with E-state index in [1.807, 2.05) is 24.3 Å². The molecule has 0 aliphatic carbocycles. The van der Waals surface area contributed by atoms with Gasteiger partial charge < -0.3 is 11.1 Å². The van der Waals surface area contributed by atoms with E-state index < -0.39 is 0 Å². The van der Waals surface area contributed by atoms with Crippen molar-refractivity contribution in [2.75, 3.05) is 6.54 Å². The Hall–Kier alpha value is -2.28. The summed E-state index contributed by atoms with van der Waals surface area (Å²) in [5.41, 5.74) is 7.25. The van der Waals surface area contributed by atoms with Crippen molar-refractivity contribution in [3.05, 3.63) is 29.8 Å². The summed E-state index contributed by atoms with van der Waals surface area (Å²) in [6.07, 6.45) is 1.18. The third kappa shape index (κ3) is 3.85. The average molecular weight is 260 g/mol. The van der Waals surface area contributed by atoms with Gasteiger partial charge in [-0.1, -0.05) is 24.3 Å². The standard InChI is InChI=1S/C12H16N6O/c13-7-1-2-11(19)14-8-9-3-5-10(6-4-9)12-15-17-18-16-12/h3-6H,1-2,7-8,13H2,(H,14,19)(H,15,16,17,18). The van der Waals surface area contributed by atoms with Crippen LogP contribution in [0.2, 0.25) is 0 Å². The molecule has 0 radical (unpaired) electrons. The van der Waals surface area contributed by atoms with E-state index >= 15 is 0 Å². The van der Waals surface area contributed by atoms with Crippen molar-refractivity contribution >= 4 is 5.91 Å². The molecule has 2 aromatic rings. The molecule has 0 unspecified atom stereocenters. The van der Waals surface area contributed by atoms with Gasteiger partial charge in [0.25, 0.3) is 0 Å². The number of benzene rings is 1. The van der Waals surface area contributed by atoms with E-state index in [0.717, 1.165) is 11.1 Å². The lowest BCUT2D eigenvalue weighted by Crippen LogP contribution is -2.23. The summed E-state index contributed by atoms with van der Waals surface area (Å²) in [6.45, 7) is 1.04. The zero-order chi connectivity index (χ0) is 13.5. The largest absolute Gasteiger partial charge is 0.352 e. The second-order valence-electron chi connectivity index (χ2n) is 4.10. The maximum atomic E-state index is 11.4. The Morgan fingerprint density at radius 2 is 2.11 bits per heavy atom. The van der Waals surface area contributed by atoms with E-state index in [1.54, 1.807) is 0 Å². The Bertz CT molecular complexity index is 508. The fourth-order valence-electron chi connectivity index (χ4n) is 1.61. The van der Waals surface area contributed by atoms with Gasteiger partial charge in [0, 0.05) is 18.5 Å². The van der Waals surface area contributed by atoms with Crippen LogP contribution in [-0.4, -0.2) is 33.1 Å². The molecule has 4 N–H and O–H groups in total. The molecular weight excluding hydrogens is 244 g/mol. The number of carbonyl (C=O) groups excluding carboxylic acids is 1. The molecule has 1 heterocycles. The van der Waals surface area contributed by atoms with Gasteiger partial charge in [0.2, 0.25) is 11.7 Å². The van der Waals surface area contributed by atoms with Crippen molar-refractivity contribution in [2.24, 2.45) is 5.73 Å². The molecule has 1 aromatic heterocycles. The summed E-state index contributed by atoms with van der Waals surface area (Å²) in [6, 6.07) is 7.64. The third-order valence-electron chi connectivity index (χ3n) is 2.66. The molecule has 7 heteroatoms. The van der Waals surface area contributed by atoms with Crippen LogP contribution in [0.25, 0.3) is 11.4 Å². The number of amides is 1. The maximum absolute atomic E-state index is 11.4. The zero-order valence-electron chi connectivity index (χ0n) is 10.5. The predicted molar refractivity (Wildman–Crippen MR) is 69.7 cm³/mol. The average Bonchev–Trinajstić information content (AvgIpc) is 2.97. The molecular formula is C12H16N6O. The summed E-state index contributed by atoms with van der Waals surface area (Å²) in [5, 5.41) is 16.5. The molecule has 1 amide bonds. The molecule has 0 saturated carbocycles. The van der Waals surface area contributed by atoms with Crippen molar-refractivity contribution in [2.45, 2.75) is 19.4 Å². The number of H-pyrrole nitrogens is 1. The molecule has 19 heavy (non-hydrogen) atoms. The molecule has 0 bridgehead atoms. The minimum absolute atomic E-state index is 0.0210. The quantitative estimate of drug-likeness (QED) is 0.688. The normalized spacial score (nSPS) is 10.4. The molecule has 0 aliphatic rings. The maximum Gasteiger partial charge on any atom is 0.220 e. The summed E-state index contributed by atoms with van der Waals surface area (Å²) in [7, 11) is 0. The minimum atomic E-state index is 0.0210. The summed E-state index contributed by atoms with van der Waals surface area (Å²) >= 11 is 0. The van der Waals surface area contributed by atoms with Crippen LogP contribution >= 0.6 is 0 Å². The van der Waals surface area contributed by atoms with Crippen LogP contribution < -0.4 is 11.1 Å². The summed E-state index contributed by atoms with van der Waals surface area (Å²) in [4.78, 5) is 11.4. The number of carbonyl (C=O) groups is 1. The molecule has 1 aromatic carbocycles. The van der Waals surface area contributed by atoms with E-state index in [4.69, 9.17) is 5.73 Å². The van der Waals surface area contributed by atoms with Gasteiger partial charge in [0.1, 0.15) is 0 Å². The summed E-state index contributed by atoms with van der Waals surface area (Å²) in [5.74, 6) is 0.575. The number of hydrogen-bond acceptors (Lipinski definition) is 5. The predicted octanol–water partition coefficient (Wildman–Crippen LogP) is 0.222. The van der Waals surface area contributed by atoms with Gasteiger partial charge in [-0.15, -0.1) is 10.2 Å². The molecule has 0 spiro atoms. The first-order chi connectivity index (χ1) is 9.29. The van der Waals surface area contributed by atoms with Crippen LogP contribution in [0.1, 0.15) is 18.4 Å². The second-order valence-corrected chi connectivity index (χ2v) is 4.10. The smallest absolute Gasteiger partial charge is 0.220 e. The number of nitrogens with one attached hydrogen (secondary N) is 2. The van der Waals surface area contributed by atoms with Crippen LogP contribution in [0.15, 0.2) is 24.3 Å². The van der Waals surface area contributed by atoms with E-state index in [1.165, 1.54) is 0 Å². The Balaban J connectivity index is 1.87. The number of nitrogens with two attached hydrogens (primary N) is 1. The lowest BCUT2D eigenvalue weighted by Gasteiger charge is -2.05. The molecule has 0 atom stereocenters. The lowest BCUT2D eigenvalue weighted by molar-refractivity contribution is -0.121. The van der Waals surface area contributed by atoms with Crippen LogP contribution in [0.3, 0.4) is 0 Å². The highest BCUT2D eigenvalue weighted by molar-refractivity contribution is 5.75. The molecule has 7 nitrogen and oxygen atoms in total. The van der Waals surface area contributed by atoms with Crippen LogP contribution in [-0.2, 0) is 11.3 Å². The van der Waals surface area contributed by atoms with Crippen LogP contribution in [0.4, 0.5) is 0 Å². The third-order valence-corrected chi connectivity index (χ3v) is 2.66. The fourth-order valence-corrected chi connectivity index (χ4v) is 1.61. The number of tetrazole rings is 1. The van der Waals surface area contributed by atoms with Crippen molar-refractivity contribution in [3.63, 3.8) is 0 Å². The van der Waals surface area contributed by atoms with Crippen molar-refractivity contribution < 1.29 is 4.79 Å². The fraction of sp³-hybridized carbons (Fsp3) is 0.333. The first kappa shape index (κ1) is 13.2. The highest BCUT2D eigenvalue weighted by atomic mass is 16.1. The summed E-state index contributed by atoms with van der Waals surface area (Å²) < 4.78 is 0. The van der Waals surface area contributed by atoms with Crippen molar-refractivity contribution in [1.82, 2.24) is 25.9 Å². The van der Waals surface area contributed by atoms with Crippen LogP contribution in [0.5, 0.6) is 0 Å². The van der Waals surface area contributed by atoms with Crippen molar-refractivity contribution in [1.29, 1.82) is 0 Å². The Morgan fingerprint density at radius 3 is 2.74 bits per heavy atom. The monoisotopic (exact) mass is 260 g/mol. The highest BCUT2D eigenvalue weighted by Gasteiger charge is 2.03. The van der Waals surface area contributed by atoms with E-state index in [0.29, 0.717) is 31.8 Å². The minimum Gasteiger partial charge on any atom is -0.352 e. The second kappa shape index (κ2) is 6.60. The van der Waals surface area contributed by atoms with E-state index in [2.05, 4.69) is 25.9 Å². The van der Waals surface area contributed by atoms with Gasteiger partial charge in [-0.2, -0.15) is 5.21 Å². The highest BCUT2D eigenvalue weighted by Crippen LogP contribution is 2.13. The molecule has 0 aliphatic heterocycles. The van der Waals surface area contributed by atoms with E-state index in [9.17, 15) is 4.79 Å². The van der Waals surface area contributed by atoms with Gasteiger partial charge in [-0.3, -0.25) is 4.79 Å². The van der Waals surface area contributed by atoms with E-state index in [-0.39, 0.29) is 5.91 Å².